The lowest BCUT2D eigenvalue weighted by Crippen LogP contribution is -2.09. The number of ether oxygens (including phenoxy) is 1. The Morgan fingerprint density at radius 3 is 2.00 bits per heavy atom. The van der Waals surface area contributed by atoms with Crippen molar-refractivity contribution in [3.05, 3.63) is 0 Å². The summed E-state index contributed by atoms with van der Waals surface area (Å²) in [6, 6.07) is 0. The Hall–Kier alpha value is -0.0800. The predicted molar refractivity (Wildman–Crippen MR) is 41.6 cm³/mol. The third kappa shape index (κ3) is 18.1. The summed E-state index contributed by atoms with van der Waals surface area (Å²) in [5.74, 6) is 0. The summed E-state index contributed by atoms with van der Waals surface area (Å²) in [5.41, 5.74) is 0. The molecule has 0 aliphatic carbocycles. The average Bonchev–Trinajstić information content (AvgIpc) is 1.61. The van der Waals surface area contributed by atoms with Crippen LogP contribution in [-0.4, -0.2) is 24.4 Å². The number of aliphatic hydroxyl groups excluding tert-OH is 1. The molecule has 0 aromatic heterocycles. The molecule has 0 aliphatic rings. The molecule has 1 N–H and O–H groups in total. The molecule has 0 bridgehead atoms. The summed E-state index contributed by atoms with van der Waals surface area (Å²) in [6.07, 6.45) is -0.319. The smallest absolute Gasteiger partial charge is 0.0745 e. The first kappa shape index (κ1) is 16.0. The summed E-state index contributed by atoms with van der Waals surface area (Å²) in [5, 5.41) is 8.56. The molecule has 2 heteroatoms. The van der Waals surface area contributed by atoms with Crippen molar-refractivity contribution in [1.82, 2.24) is 0 Å². The molecular formula is C7H20O2. The van der Waals surface area contributed by atoms with E-state index < -0.39 is 0 Å². The molecule has 0 fully saturated rings. The summed E-state index contributed by atoms with van der Waals surface area (Å²) in [7, 11) is 0. The normalized spacial score (nSPS) is 11.0. The Morgan fingerprint density at radius 1 is 1.44 bits per heavy atom. The highest BCUT2D eigenvalue weighted by atomic mass is 16.5. The van der Waals surface area contributed by atoms with Crippen LogP contribution < -0.4 is 0 Å². The lowest BCUT2D eigenvalue weighted by molar-refractivity contribution is 0.0527. The van der Waals surface area contributed by atoms with Gasteiger partial charge in [-0.1, -0.05) is 14.9 Å². The highest BCUT2D eigenvalue weighted by Crippen LogP contribution is 1.79. The first-order chi connectivity index (χ1) is 3.27. The highest BCUT2D eigenvalue weighted by Gasteiger charge is 1.89. The molecule has 0 rings (SSSR count). The van der Waals surface area contributed by atoms with Crippen LogP contribution in [0.3, 0.4) is 0 Å². The largest absolute Gasteiger partial charge is 0.391 e. The second-order valence-electron chi connectivity index (χ2n) is 1.51. The van der Waals surface area contributed by atoms with Crippen LogP contribution >= 0.6 is 0 Å². The van der Waals surface area contributed by atoms with Gasteiger partial charge in [-0.05, 0) is 13.8 Å². The molecule has 60 valence electrons. The van der Waals surface area contributed by atoms with Gasteiger partial charge in [0.1, 0.15) is 0 Å². The van der Waals surface area contributed by atoms with Crippen LogP contribution in [0.1, 0.15) is 28.7 Å². The minimum atomic E-state index is -0.319. The fraction of sp³-hybridized carbons (Fsp3) is 1.00. The standard InChI is InChI=1S/C5H12O2.2CH4/c1-3-7-4-5(2)6;;/h5-6H,3-4H2,1-2H3;2*1H4. The Balaban J connectivity index is -0.000000180. The first-order valence-electron chi connectivity index (χ1n) is 2.53. The molecule has 0 spiro atoms. The van der Waals surface area contributed by atoms with Crippen LogP contribution in [0.2, 0.25) is 0 Å². The van der Waals surface area contributed by atoms with E-state index in [1.165, 1.54) is 0 Å². The molecule has 0 saturated carbocycles. The van der Waals surface area contributed by atoms with Crippen molar-refractivity contribution >= 4 is 0 Å². The van der Waals surface area contributed by atoms with Crippen molar-refractivity contribution in [2.45, 2.75) is 34.8 Å². The second-order valence-corrected chi connectivity index (χ2v) is 1.51. The van der Waals surface area contributed by atoms with E-state index >= 15 is 0 Å². The molecule has 0 saturated heterocycles. The van der Waals surface area contributed by atoms with E-state index in [4.69, 9.17) is 9.84 Å². The summed E-state index contributed by atoms with van der Waals surface area (Å²) < 4.78 is 4.84. The van der Waals surface area contributed by atoms with Gasteiger partial charge in [-0.3, -0.25) is 0 Å². The van der Waals surface area contributed by atoms with E-state index in [1.54, 1.807) is 6.92 Å². The van der Waals surface area contributed by atoms with Crippen LogP contribution in [0.15, 0.2) is 0 Å². The van der Waals surface area contributed by atoms with Gasteiger partial charge in [0.05, 0.1) is 12.7 Å². The van der Waals surface area contributed by atoms with E-state index in [1.807, 2.05) is 6.92 Å². The van der Waals surface area contributed by atoms with Gasteiger partial charge in [0.25, 0.3) is 0 Å². The maximum absolute atomic E-state index is 8.56. The molecular weight excluding hydrogens is 116 g/mol. The fourth-order valence-electron chi connectivity index (χ4n) is 0.288. The summed E-state index contributed by atoms with van der Waals surface area (Å²) >= 11 is 0. The van der Waals surface area contributed by atoms with Gasteiger partial charge in [-0.25, -0.2) is 0 Å². The number of aliphatic hydroxyl groups is 1. The fourth-order valence-corrected chi connectivity index (χ4v) is 0.288. The van der Waals surface area contributed by atoms with Gasteiger partial charge in [-0.2, -0.15) is 0 Å². The summed E-state index contributed by atoms with van der Waals surface area (Å²) in [6.45, 7) is 4.75. The Kier molecular flexibility index (Phi) is 19.2. The Morgan fingerprint density at radius 2 is 1.89 bits per heavy atom. The second kappa shape index (κ2) is 10.8. The van der Waals surface area contributed by atoms with Gasteiger partial charge in [0.15, 0.2) is 0 Å². The average molecular weight is 136 g/mol. The number of hydrogen-bond acceptors (Lipinski definition) is 2. The van der Waals surface area contributed by atoms with E-state index in [9.17, 15) is 0 Å². The predicted octanol–water partition coefficient (Wildman–Crippen LogP) is 1.68. The van der Waals surface area contributed by atoms with Crippen molar-refractivity contribution in [2.75, 3.05) is 13.2 Å². The molecule has 9 heavy (non-hydrogen) atoms. The maximum atomic E-state index is 8.56. The van der Waals surface area contributed by atoms with E-state index in [2.05, 4.69) is 0 Å². The Labute approximate surface area is 58.8 Å². The molecule has 1 unspecified atom stereocenters. The quantitative estimate of drug-likeness (QED) is 0.639. The number of hydrogen-bond donors (Lipinski definition) is 1. The maximum Gasteiger partial charge on any atom is 0.0745 e. The molecule has 0 aromatic rings. The zero-order valence-electron chi connectivity index (χ0n) is 4.85. The number of rotatable bonds is 3. The van der Waals surface area contributed by atoms with Crippen LogP contribution in [-0.2, 0) is 4.74 Å². The highest BCUT2D eigenvalue weighted by molar-refractivity contribution is 4.38. The van der Waals surface area contributed by atoms with E-state index in [0.29, 0.717) is 13.2 Å². The SMILES string of the molecule is C.C.CCOCC(C)O. The minimum absolute atomic E-state index is 0. The van der Waals surface area contributed by atoms with Crippen molar-refractivity contribution in [3.63, 3.8) is 0 Å². The lowest BCUT2D eigenvalue weighted by atomic mass is 10.4. The molecule has 2 nitrogen and oxygen atoms in total. The zero-order valence-corrected chi connectivity index (χ0v) is 4.85. The molecule has 0 amide bonds. The van der Waals surface area contributed by atoms with Crippen LogP contribution in [0.4, 0.5) is 0 Å². The third-order valence-electron chi connectivity index (χ3n) is 0.563. The van der Waals surface area contributed by atoms with Crippen molar-refractivity contribution in [3.8, 4) is 0 Å². The zero-order chi connectivity index (χ0) is 5.70. The van der Waals surface area contributed by atoms with Crippen molar-refractivity contribution in [2.24, 2.45) is 0 Å². The molecule has 0 heterocycles. The Bertz CT molecular complexity index is 35.9. The van der Waals surface area contributed by atoms with Crippen LogP contribution in [0, 0.1) is 0 Å². The topological polar surface area (TPSA) is 29.5 Å². The van der Waals surface area contributed by atoms with Gasteiger partial charge < -0.3 is 9.84 Å². The van der Waals surface area contributed by atoms with Gasteiger partial charge in [0, 0.05) is 6.61 Å². The third-order valence-corrected chi connectivity index (χ3v) is 0.563. The van der Waals surface area contributed by atoms with Crippen LogP contribution in [0.25, 0.3) is 0 Å². The molecule has 0 radical (unpaired) electrons. The summed E-state index contributed by atoms with van der Waals surface area (Å²) in [4.78, 5) is 0. The van der Waals surface area contributed by atoms with E-state index in [0.717, 1.165) is 0 Å². The lowest BCUT2D eigenvalue weighted by Gasteiger charge is -2.00. The van der Waals surface area contributed by atoms with Crippen molar-refractivity contribution < 1.29 is 9.84 Å². The minimum Gasteiger partial charge on any atom is -0.391 e. The van der Waals surface area contributed by atoms with Crippen LogP contribution in [0.5, 0.6) is 0 Å². The molecule has 1 atom stereocenters. The first-order valence-corrected chi connectivity index (χ1v) is 2.53. The molecule has 0 aliphatic heterocycles. The molecule has 0 aromatic carbocycles. The van der Waals surface area contributed by atoms with Crippen molar-refractivity contribution in [1.29, 1.82) is 0 Å². The van der Waals surface area contributed by atoms with Gasteiger partial charge in [-0.15, -0.1) is 0 Å². The van der Waals surface area contributed by atoms with E-state index in [-0.39, 0.29) is 21.0 Å². The van der Waals surface area contributed by atoms with Gasteiger partial charge >= 0.3 is 0 Å². The van der Waals surface area contributed by atoms with Gasteiger partial charge in [0.2, 0.25) is 0 Å². The monoisotopic (exact) mass is 136 g/mol.